The number of piperazine rings is 1. The Bertz CT molecular complexity index is 679. The molecular formula is C24H43IN6. The van der Waals surface area contributed by atoms with Crippen molar-refractivity contribution in [3.63, 3.8) is 0 Å². The van der Waals surface area contributed by atoms with Gasteiger partial charge in [-0.1, -0.05) is 19.1 Å². The molecule has 1 aromatic carbocycles. The van der Waals surface area contributed by atoms with Crippen molar-refractivity contribution in [2.24, 2.45) is 4.99 Å². The first kappa shape index (κ1) is 26.2. The predicted molar refractivity (Wildman–Crippen MR) is 144 cm³/mol. The Morgan fingerprint density at radius 1 is 1.00 bits per heavy atom. The smallest absolute Gasteiger partial charge is 0.191 e. The lowest BCUT2D eigenvalue weighted by molar-refractivity contribution is 0.206. The second-order valence-corrected chi connectivity index (χ2v) is 8.81. The molecule has 0 spiro atoms. The van der Waals surface area contributed by atoms with Gasteiger partial charge >= 0.3 is 0 Å². The van der Waals surface area contributed by atoms with Crippen molar-refractivity contribution in [2.75, 3.05) is 70.9 Å². The molecule has 2 heterocycles. The molecule has 2 fully saturated rings. The molecule has 2 saturated heterocycles. The lowest BCUT2D eigenvalue weighted by atomic mass is 10.1. The molecule has 0 unspecified atom stereocenters. The van der Waals surface area contributed by atoms with E-state index in [4.69, 9.17) is 0 Å². The molecule has 6 nitrogen and oxygen atoms in total. The van der Waals surface area contributed by atoms with Crippen LogP contribution in [0.25, 0.3) is 0 Å². The summed E-state index contributed by atoms with van der Waals surface area (Å²) < 4.78 is 0. The van der Waals surface area contributed by atoms with Gasteiger partial charge in [-0.05, 0) is 56.8 Å². The third kappa shape index (κ3) is 7.79. The second kappa shape index (κ2) is 13.5. The van der Waals surface area contributed by atoms with Gasteiger partial charge in [-0.25, -0.2) is 0 Å². The molecule has 2 N–H and O–H groups in total. The van der Waals surface area contributed by atoms with Crippen molar-refractivity contribution in [3.8, 4) is 0 Å². The van der Waals surface area contributed by atoms with E-state index in [1.807, 2.05) is 7.05 Å². The minimum atomic E-state index is 0. The molecule has 0 atom stereocenters. The largest absolute Gasteiger partial charge is 0.369 e. The van der Waals surface area contributed by atoms with Crippen LogP contribution < -0.4 is 15.5 Å². The highest BCUT2D eigenvalue weighted by Crippen LogP contribution is 2.23. The number of hydrogen-bond donors (Lipinski definition) is 2. The maximum absolute atomic E-state index is 4.44. The number of nitrogens with one attached hydrogen (secondary N) is 2. The van der Waals surface area contributed by atoms with E-state index < -0.39 is 0 Å². The Kier molecular flexibility index (Phi) is 11.4. The van der Waals surface area contributed by atoms with Crippen LogP contribution in [0.5, 0.6) is 0 Å². The SMILES string of the molecule is CCCN1CCC(NC(=NC)NCCN2CCN(c3cccc(C)c3C)CC2)CC1.I. The van der Waals surface area contributed by atoms with Crippen LogP contribution in [-0.2, 0) is 0 Å². The molecule has 3 rings (SSSR count). The van der Waals surface area contributed by atoms with E-state index in [1.54, 1.807) is 0 Å². The zero-order valence-corrected chi connectivity index (χ0v) is 22.3. The van der Waals surface area contributed by atoms with Gasteiger partial charge in [0.15, 0.2) is 5.96 Å². The van der Waals surface area contributed by atoms with Gasteiger partial charge in [0.25, 0.3) is 0 Å². The van der Waals surface area contributed by atoms with E-state index >= 15 is 0 Å². The summed E-state index contributed by atoms with van der Waals surface area (Å²) >= 11 is 0. The van der Waals surface area contributed by atoms with Crippen LogP contribution in [-0.4, -0.2) is 87.8 Å². The number of piperidine rings is 1. The van der Waals surface area contributed by atoms with E-state index in [0.29, 0.717) is 6.04 Å². The standard InChI is InChI=1S/C24H42N6.HI/c1-5-12-28-13-9-22(10-14-28)27-24(25-4)26-11-15-29-16-18-30(19-17-29)23-8-6-7-20(2)21(23)3;/h6-8,22H,5,9-19H2,1-4H3,(H2,25,26,27);1H. The van der Waals surface area contributed by atoms with Gasteiger partial charge in [-0.3, -0.25) is 9.89 Å². The molecule has 0 aliphatic carbocycles. The van der Waals surface area contributed by atoms with Crippen LogP contribution >= 0.6 is 24.0 Å². The van der Waals surface area contributed by atoms with Gasteiger partial charge in [0.05, 0.1) is 0 Å². The van der Waals surface area contributed by atoms with Crippen LogP contribution in [0.2, 0.25) is 0 Å². The number of rotatable bonds is 7. The van der Waals surface area contributed by atoms with E-state index in [9.17, 15) is 0 Å². The van der Waals surface area contributed by atoms with Gasteiger partial charge in [-0.15, -0.1) is 24.0 Å². The van der Waals surface area contributed by atoms with Crippen LogP contribution in [0.15, 0.2) is 23.2 Å². The Hall–Kier alpha value is -1.06. The number of likely N-dealkylation sites (tertiary alicyclic amines) is 1. The summed E-state index contributed by atoms with van der Waals surface area (Å²) in [6, 6.07) is 7.20. The third-order valence-corrected chi connectivity index (χ3v) is 6.70. The van der Waals surface area contributed by atoms with Crippen LogP contribution in [0, 0.1) is 13.8 Å². The Labute approximate surface area is 206 Å². The lowest BCUT2D eigenvalue weighted by Gasteiger charge is -2.37. The first-order valence-electron chi connectivity index (χ1n) is 11.8. The molecule has 0 aromatic heterocycles. The molecule has 2 aliphatic heterocycles. The molecule has 2 aliphatic rings. The molecule has 0 radical (unpaired) electrons. The molecule has 0 saturated carbocycles. The summed E-state index contributed by atoms with van der Waals surface area (Å²) in [5.41, 5.74) is 4.21. The minimum absolute atomic E-state index is 0. The average Bonchev–Trinajstić information content (AvgIpc) is 2.77. The van der Waals surface area contributed by atoms with E-state index in [2.05, 4.69) is 69.3 Å². The number of benzene rings is 1. The Balaban J connectivity index is 0.00000341. The Morgan fingerprint density at radius 2 is 1.68 bits per heavy atom. The highest BCUT2D eigenvalue weighted by Gasteiger charge is 2.20. The number of hydrogen-bond acceptors (Lipinski definition) is 4. The molecule has 7 heteroatoms. The summed E-state index contributed by atoms with van der Waals surface area (Å²) in [4.78, 5) is 12.1. The molecule has 0 bridgehead atoms. The van der Waals surface area contributed by atoms with Crippen LogP contribution in [0.4, 0.5) is 5.69 Å². The van der Waals surface area contributed by atoms with Gasteiger partial charge in [-0.2, -0.15) is 0 Å². The monoisotopic (exact) mass is 542 g/mol. The maximum atomic E-state index is 4.44. The average molecular weight is 543 g/mol. The maximum Gasteiger partial charge on any atom is 0.191 e. The highest BCUT2D eigenvalue weighted by molar-refractivity contribution is 14.0. The summed E-state index contributed by atoms with van der Waals surface area (Å²) in [5.74, 6) is 0.956. The lowest BCUT2D eigenvalue weighted by Crippen LogP contribution is -2.51. The van der Waals surface area contributed by atoms with Crippen molar-refractivity contribution < 1.29 is 0 Å². The quantitative estimate of drug-likeness (QED) is 0.315. The van der Waals surface area contributed by atoms with Crippen LogP contribution in [0.3, 0.4) is 0 Å². The first-order chi connectivity index (χ1) is 14.6. The van der Waals surface area contributed by atoms with Crippen molar-refractivity contribution in [1.29, 1.82) is 0 Å². The number of guanidine groups is 1. The molecule has 1 aromatic rings. The topological polar surface area (TPSA) is 46.1 Å². The number of anilines is 1. The van der Waals surface area contributed by atoms with Gasteiger partial charge in [0.1, 0.15) is 0 Å². The number of aryl methyl sites for hydroxylation is 1. The zero-order valence-electron chi connectivity index (χ0n) is 20.0. The fraction of sp³-hybridized carbons (Fsp3) is 0.708. The van der Waals surface area contributed by atoms with Gasteiger partial charge in [0.2, 0.25) is 0 Å². The normalized spacial score (nSPS) is 19.2. The third-order valence-electron chi connectivity index (χ3n) is 6.70. The minimum Gasteiger partial charge on any atom is -0.369 e. The summed E-state index contributed by atoms with van der Waals surface area (Å²) in [6.07, 6.45) is 3.67. The summed E-state index contributed by atoms with van der Waals surface area (Å²) in [6.45, 7) is 16.8. The summed E-state index contributed by atoms with van der Waals surface area (Å²) in [7, 11) is 1.88. The molecule has 31 heavy (non-hydrogen) atoms. The number of aliphatic imine (C=N–C) groups is 1. The van der Waals surface area contributed by atoms with Crippen molar-refractivity contribution in [2.45, 2.75) is 46.1 Å². The molecule has 176 valence electrons. The Morgan fingerprint density at radius 3 is 2.32 bits per heavy atom. The van der Waals surface area contributed by atoms with Crippen molar-refractivity contribution in [1.82, 2.24) is 20.4 Å². The number of nitrogens with zero attached hydrogens (tertiary/aromatic N) is 4. The number of halogens is 1. The molecular weight excluding hydrogens is 499 g/mol. The van der Waals surface area contributed by atoms with Gasteiger partial charge < -0.3 is 20.4 Å². The second-order valence-electron chi connectivity index (χ2n) is 8.81. The predicted octanol–water partition coefficient (Wildman–Crippen LogP) is 3.08. The van der Waals surface area contributed by atoms with Gasteiger partial charge in [0, 0.05) is 71.1 Å². The van der Waals surface area contributed by atoms with E-state index in [-0.39, 0.29) is 24.0 Å². The highest BCUT2D eigenvalue weighted by atomic mass is 127. The fourth-order valence-corrected chi connectivity index (χ4v) is 4.63. The van der Waals surface area contributed by atoms with E-state index in [0.717, 1.165) is 45.2 Å². The summed E-state index contributed by atoms with van der Waals surface area (Å²) in [5, 5.41) is 7.16. The zero-order chi connectivity index (χ0) is 21.3. The fourth-order valence-electron chi connectivity index (χ4n) is 4.63. The van der Waals surface area contributed by atoms with Crippen molar-refractivity contribution in [3.05, 3.63) is 29.3 Å². The van der Waals surface area contributed by atoms with E-state index in [1.165, 1.54) is 55.7 Å². The van der Waals surface area contributed by atoms with Crippen molar-refractivity contribution >= 4 is 35.6 Å². The molecule has 0 amide bonds. The van der Waals surface area contributed by atoms with Crippen LogP contribution in [0.1, 0.15) is 37.3 Å². The first-order valence-corrected chi connectivity index (χ1v) is 11.8.